The molecule has 0 aliphatic rings. The van der Waals surface area contributed by atoms with Crippen molar-refractivity contribution in [1.82, 2.24) is 25.5 Å². The van der Waals surface area contributed by atoms with Gasteiger partial charge in [0.15, 0.2) is 18.1 Å². The zero-order valence-electron chi connectivity index (χ0n) is 14.5. The van der Waals surface area contributed by atoms with Crippen molar-refractivity contribution in [2.75, 3.05) is 6.61 Å². The number of benzene rings is 1. The van der Waals surface area contributed by atoms with Crippen LogP contribution in [0.1, 0.15) is 16.3 Å². The van der Waals surface area contributed by atoms with Gasteiger partial charge in [0.05, 0.1) is 6.54 Å². The number of nitrogens with zero attached hydrogens (tertiary/aromatic N) is 4. The monoisotopic (exact) mass is 383 g/mol. The number of aryl methyl sites for hydroxylation is 1. The lowest BCUT2D eigenvalue weighted by Crippen LogP contribution is -2.28. The lowest BCUT2D eigenvalue weighted by Gasteiger charge is -2.09. The molecule has 1 N–H and O–H groups in total. The van der Waals surface area contributed by atoms with E-state index in [2.05, 4.69) is 20.8 Å². The van der Waals surface area contributed by atoms with Gasteiger partial charge in [-0.2, -0.15) is 4.68 Å². The Hall–Kier alpha value is -3.33. The summed E-state index contributed by atoms with van der Waals surface area (Å²) in [6, 6.07) is 13.1. The van der Waals surface area contributed by atoms with Crippen LogP contribution in [0.5, 0.6) is 0 Å². The highest BCUT2D eigenvalue weighted by molar-refractivity contribution is 7.09. The fourth-order valence-electron chi connectivity index (χ4n) is 2.22. The van der Waals surface area contributed by atoms with Gasteiger partial charge in [-0.15, -0.1) is 16.4 Å². The summed E-state index contributed by atoms with van der Waals surface area (Å²) in [5, 5.41) is 15.8. The zero-order valence-corrected chi connectivity index (χ0v) is 15.3. The molecule has 0 fully saturated rings. The summed E-state index contributed by atoms with van der Waals surface area (Å²) in [7, 11) is 0. The van der Waals surface area contributed by atoms with Crippen LogP contribution >= 0.6 is 11.3 Å². The molecule has 27 heavy (non-hydrogen) atoms. The van der Waals surface area contributed by atoms with Crippen LogP contribution in [0.3, 0.4) is 0 Å². The van der Waals surface area contributed by atoms with Gasteiger partial charge in [0.25, 0.3) is 5.91 Å². The number of ether oxygens (including phenoxy) is 1. The third kappa shape index (κ3) is 5.08. The molecular weight excluding hydrogens is 366 g/mol. The molecular formula is C18H17N5O3S. The third-order valence-electron chi connectivity index (χ3n) is 3.54. The van der Waals surface area contributed by atoms with Crippen molar-refractivity contribution >= 4 is 35.0 Å². The first-order chi connectivity index (χ1) is 13.1. The first-order valence-electron chi connectivity index (χ1n) is 8.12. The van der Waals surface area contributed by atoms with E-state index in [1.165, 1.54) is 16.0 Å². The van der Waals surface area contributed by atoms with Gasteiger partial charge in [0.1, 0.15) is 0 Å². The summed E-state index contributed by atoms with van der Waals surface area (Å²) in [5.41, 5.74) is 0.899. The van der Waals surface area contributed by atoms with E-state index in [4.69, 9.17) is 4.74 Å². The van der Waals surface area contributed by atoms with Gasteiger partial charge in [-0.05, 0) is 40.4 Å². The molecule has 0 radical (unpaired) electrons. The summed E-state index contributed by atoms with van der Waals surface area (Å²) < 4.78 is 6.43. The Morgan fingerprint density at radius 3 is 2.70 bits per heavy atom. The van der Waals surface area contributed by atoms with Crippen molar-refractivity contribution < 1.29 is 14.3 Å². The van der Waals surface area contributed by atoms with Crippen molar-refractivity contribution in [3.8, 4) is 0 Å². The fraction of sp³-hybridized carbons (Fsp3) is 0.167. The number of amides is 1. The molecule has 0 saturated carbocycles. The molecule has 0 aliphatic carbocycles. The van der Waals surface area contributed by atoms with E-state index in [0.717, 1.165) is 10.4 Å². The second-order valence-corrected chi connectivity index (χ2v) is 6.54. The molecule has 1 amide bonds. The van der Waals surface area contributed by atoms with Crippen molar-refractivity contribution in [2.24, 2.45) is 0 Å². The van der Waals surface area contributed by atoms with Crippen LogP contribution in [0.4, 0.5) is 0 Å². The zero-order chi connectivity index (χ0) is 19.1. The number of aromatic nitrogens is 4. The first kappa shape index (κ1) is 18.5. The predicted octanol–water partition coefficient (Wildman–Crippen LogP) is 1.90. The number of esters is 1. The number of nitrogens with one attached hydrogen (secondary N) is 1. The Labute approximate surface area is 159 Å². The Kier molecular flexibility index (Phi) is 6.06. The van der Waals surface area contributed by atoms with Gasteiger partial charge >= 0.3 is 5.97 Å². The second kappa shape index (κ2) is 8.86. The second-order valence-electron chi connectivity index (χ2n) is 5.51. The molecule has 138 valence electrons. The van der Waals surface area contributed by atoms with E-state index in [-0.39, 0.29) is 11.6 Å². The maximum atomic E-state index is 12.6. The Morgan fingerprint density at radius 2 is 2.04 bits per heavy atom. The quantitative estimate of drug-likeness (QED) is 0.494. The fourth-order valence-corrected chi connectivity index (χ4v) is 2.87. The molecule has 0 saturated heterocycles. The number of tetrazole rings is 1. The minimum Gasteiger partial charge on any atom is -0.451 e. The van der Waals surface area contributed by atoms with Gasteiger partial charge in [-0.1, -0.05) is 36.4 Å². The maximum Gasteiger partial charge on any atom is 0.357 e. The molecule has 8 nitrogen and oxygen atoms in total. The van der Waals surface area contributed by atoms with Crippen LogP contribution in [-0.2, 0) is 20.9 Å². The lowest BCUT2D eigenvalue weighted by atomic mass is 10.2. The summed E-state index contributed by atoms with van der Waals surface area (Å²) in [5.74, 6) is -0.652. The van der Waals surface area contributed by atoms with E-state index in [9.17, 15) is 9.59 Å². The highest BCUT2D eigenvalue weighted by Crippen LogP contribution is 2.13. The molecule has 1 aromatic carbocycles. The smallest absolute Gasteiger partial charge is 0.357 e. The van der Waals surface area contributed by atoms with E-state index < -0.39 is 12.6 Å². The third-order valence-corrected chi connectivity index (χ3v) is 4.42. The lowest BCUT2D eigenvalue weighted by molar-refractivity contribution is -0.143. The average Bonchev–Trinajstić information content (AvgIpc) is 3.35. The standard InChI is InChI=1S/C18H17N5O3S/c1-13-20-21-22-23(13)16(10-14-6-3-2-4-7-14)18(25)26-12-17(24)19-11-15-8-5-9-27-15/h2-10H,11-12H2,1H3,(H,19,24)/b16-10-. The first-order valence-corrected chi connectivity index (χ1v) is 9.00. The van der Waals surface area contributed by atoms with Gasteiger partial charge in [-0.25, -0.2) is 4.79 Å². The Bertz CT molecular complexity index is 935. The van der Waals surface area contributed by atoms with Crippen LogP contribution < -0.4 is 5.32 Å². The van der Waals surface area contributed by atoms with Crippen LogP contribution in [0, 0.1) is 6.92 Å². The van der Waals surface area contributed by atoms with Gasteiger partial charge in [-0.3, -0.25) is 4.79 Å². The van der Waals surface area contributed by atoms with Crippen LogP contribution in [0.15, 0.2) is 47.8 Å². The molecule has 2 aromatic heterocycles. The topological polar surface area (TPSA) is 99.0 Å². The summed E-state index contributed by atoms with van der Waals surface area (Å²) in [4.78, 5) is 25.5. The maximum absolute atomic E-state index is 12.6. The summed E-state index contributed by atoms with van der Waals surface area (Å²) >= 11 is 1.54. The van der Waals surface area contributed by atoms with E-state index in [0.29, 0.717) is 12.4 Å². The SMILES string of the molecule is Cc1nnnn1/C(=C\c1ccccc1)C(=O)OCC(=O)NCc1cccs1. The molecule has 0 unspecified atom stereocenters. The number of carbonyl (C=O) groups excluding carboxylic acids is 2. The molecule has 2 heterocycles. The summed E-state index contributed by atoms with van der Waals surface area (Å²) in [6.45, 7) is 1.67. The van der Waals surface area contributed by atoms with Gasteiger partial charge in [0.2, 0.25) is 0 Å². The van der Waals surface area contributed by atoms with E-state index in [1.54, 1.807) is 13.0 Å². The largest absolute Gasteiger partial charge is 0.451 e. The summed E-state index contributed by atoms with van der Waals surface area (Å²) in [6.07, 6.45) is 1.61. The number of carbonyl (C=O) groups is 2. The van der Waals surface area contributed by atoms with Crippen LogP contribution in [-0.4, -0.2) is 38.7 Å². The van der Waals surface area contributed by atoms with Crippen molar-refractivity contribution in [1.29, 1.82) is 0 Å². The molecule has 9 heteroatoms. The van der Waals surface area contributed by atoms with Crippen LogP contribution in [0.2, 0.25) is 0 Å². The van der Waals surface area contributed by atoms with Gasteiger partial charge in [0, 0.05) is 4.88 Å². The molecule has 3 rings (SSSR count). The Balaban J connectivity index is 1.67. The Morgan fingerprint density at radius 1 is 1.22 bits per heavy atom. The predicted molar refractivity (Wildman–Crippen MR) is 100 cm³/mol. The average molecular weight is 383 g/mol. The number of hydrogen-bond donors (Lipinski definition) is 1. The molecule has 0 aliphatic heterocycles. The van der Waals surface area contributed by atoms with E-state index >= 15 is 0 Å². The van der Waals surface area contributed by atoms with Crippen molar-refractivity contribution in [3.63, 3.8) is 0 Å². The number of rotatable bonds is 7. The van der Waals surface area contributed by atoms with Crippen LogP contribution in [0.25, 0.3) is 11.8 Å². The highest BCUT2D eigenvalue weighted by atomic mass is 32.1. The molecule has 0 bridgehead atoms. The number of hydrogen-bond acceptors (Lipinski definition) is 7. The molecule has 0 spiro atoms. The minimum absolute atomic E-state index is 0.120. The normalized spacial score (nSPS) is 11.2. The molecule has 3 aromatic rings. The molecule has 0 atom stereocenters. The number of thiophene rings is 1. The minimum atomic E-state index is -0.694. The van der Waals surface area contributed by atoms with Gasteiger partial charge < -0.3 is 10.1 Å². The van der Waals surface area contributed by atoms with Crippen molar-refractivity contribution in [3.05, 3.63) is 64.1 Å². The van der Waals surface area contributed by atoms with E-state index in [1.807, 2.05) is 47.8 Å². The highest BCUT2D eigenvalue weighted by Gasteiger charge is 2.19. The van der Waals surface area contributed by atoms with Crippen molar-refractivity contribution in [2.45, 2.75) is 13.5 Å².